The van der Waals surface area contributed by atoms with Crippen molar-refractivity contribution in [3.05, 3.63) is 35.4 Å². The summed E-state index contributed by atoms with van der Waals surface area (Å²) in [6.45, 7) is 4.54. The van der Waals surface area contributed by atoms with Crippen molar-refractivity contribution in [3.63, 3.8) is 0 Å². The molecule has 0 bridgehead atoms. The summed E-state index contributed by atoms with van der Waals surface area (Å²) >= 11 is 0. The molecule has 0 saturated carbocycles. The molecule has 21 heavy (non-hydrogen) atoms. The van der Waals surface area contributed by atoms with Crippen LogP contribution in [0, 0.1) is 5.92 Å². The second-order valence-corrected chi connectivity index (χ2v) is 5.49. The molecular weight excluding hydrogens is 281 g/mol. The summed E-state index contributed by atoms with van der Waals surface area (Å²) < 4.78 is 37.5. The lowest BCUT2D eigenvalue weighted by Crippen LogP contribution is -2.37. The lowest BCUT2D eigenvalue weighted by molar-refractivity contribution is -0.137. The first-order valence-corrected chi connectivity index (χ1v) is 7.00. The number of rotatable bonds is 3. The van der Waals surface area contributed by atoms with Gasteiger partial charge in [-0.05, 0) is 44.5 Å². The largest absolute Gasteiger partial charge is 0.416 e. The third kappa shape index (κ3) is 3.75. The Balaban J connectivity index is 2.00. The highest BCUT2D eigenvalue weighted by Crippen LogP contribution is 2.30. The van der Waals surface area contributed by atoms with Crippen molar-refractivity contribution in [3.8, 4) is 0 Å². The Hall–Kier alpha value is -1.56. The molecule has 2 N–H and O–H groups in total. The topological polar surface area (TPSA) is 41.1 Å². The van der Waals surface area contributed by atoms with Crippen molar-refractivity contribution in [1.82, 2.24) is 10.6 Å². The van der Waals surface area contributed by atoms with E-state index >= 15 is 0 Å². The third-order valence-corrected chi connectivity index (χ3v) is 3.96. The molecule has 3 nitrogen and oxygen atoms in total. The van der Waals surface area contributed by atoms with Gasteiger partial charge in [-0.15, -0.1) is 0 Å². The average molecular weight is 300 g/mol. The third-order valence-electron chi connectivity index (χ3n) is 3.96. The van der Waals surface area contributed by atoms with E-state index in [2.05, 4.69) is 10.6 Å². The van der Waals surface area contributed by atoms with Crippen LogP contribution in [-0.4, -0.2) is 18.5 Å². The highest BCUT2D eigenvalue weighted by molar-refractivity contribution is 5.80. The molecule has 1 amide bonds. The lowest BCUT2D eigenvalue weighted by atomic mass is 9.99. The monoisotopic (exact) mass is 300 g/mol. The van der Waals surface area contributed by atoms with Gasteiger partial charge in [-0.1, -0.05) is 12.1 Å². The van der Waals surface area contributed by atoms with Gasteiger partial charge in [0.2, 0.25) is 5.91 Å². The summed E-state index contributed by atoms with van der Waals surface area (Å²) in [5.74, 6) is -0.137. The van der Waals surface area contributed by atoms with Gasteiger partial charge in [0.05, 0.1) is 17.5 Å². The number of nitrogens with one attached hydrogen (secondary N) is 2. The molecule has 3 unspecified atom stereocenters. The summed E-state index contributed by atoms with van der Waals surface area (Å²) in [4.78, 5) is 12.1. The van der Waals surface area contributed by atoms with Crippen LogP contribution in [0.25, 0.3) is 0 Å². The maximum atomic E-state index is 12.5. The van der Waals surface area contributed by atoms with E-state index in [0.717, 1.165) is 25.1 Å². The van der Waals surface area contributed by atoms with Gasteiger partial charge in [-0.25, -0.2) is 0 Å². The Morgan fingerprint density at radius 1 is 1.33 bits per heavy atom. The Morgan fingerprint density at radius 3 is 2.43 bits per heavy atom. The Kier molecular flexibility index (Phi) is 4.56. The fraction of sp³-hybridized carbons (Fsp3) is 0.533. The number of hydrogen-bond donors (Lipinski definition) is 2. The molecule has 116 valence electrons. The smallest absolute Gasteiger partial charge is 0.349 e. The number of benzene rings is 1. The normalized spacial score (nSPS) is 23.9. The van der Waals surface area contributed by atoms with E-state index in [9.17, 15) is 18.0 Å². The predicted molar refractivity (Wildman–Crippen MR) is 73.6 cm³/mol. The Labute approximate surface area is 121 Å². The second-order valence-electron chi connectivity index (χ2n) is 5.49. The number of amides is 1. The fourth-order valence-electron chi connectivity index (χ4n) is 2.58. The molecule has 1 aromatic rings. The Bertz CT molecular complexity index is 499. The molecule has 1 fully saturated rings. The van der Waals surface area contributed by atoms with Crippen LogP contribution >= 0.6 is 0 Å². The van der Waals surface area contributed by atoms with E-state index in [0.29, 0.717) is 5.56 Å². The molecule has 2 rings (SSSR count). The highest BCUT2D eigenvalue weighted by Gasteiger charge is 2.31. The molecule has 1 aliphatic rings. The van der Waals surface area contributed by atoms with Gasteiger partial charge in [0.15, 0.2) is 0 Å². The van der Waals surface area contributed by atoms with Crippen LogP contribution in [-0.2, 0) is 11.0 Å². The number of carbonyl (C=O) groups is 1. The minimum Gasteiger partial charge on any atom is -0.349 e. The van der Waals surface area contributed by atoms with Crippen molar-refractivity contribution in [2.75, 3.05) is 6.54 Å². The molecule has 3 atom stereocenters. The second kappa shape index (κ2) is 6.05. The van der Waals surface area contributed by atoms with Crippen LogP contribution in [0.15, 0.2) is 24.3 Å². The van der Waals surface area contributed by atoms with Crippen LogP contribution in [0.5, 0.6) is 0 Å². The van der Waals surface area contributed by atoms with Crippen molar-refractivity contribution in [2.45, 2.75) is 38.5 Å². The average Bonchev–Trinajstić information content (AvgIpc) is 2.84. The first-order chi connectivity index (χ1) is 9.79. The van der Waals surface area contributed by atoms with E-state index in [1.807, 2.05) is 6.92 Å². The lowest BCUT2D eigenvalue weighted by Gasteiger charge is -2.20. The number of carbonyl (C=O) groups excluding carboxylic acids is 1. The van der Waals surface area contributed by atoms with Crippen LogP contribution < -0.4 is 10.6 Å². The summed E-state index contributed by atoms with van der Waals surface area (Å²) in [6.07, 6.45) is -3.55. The van der Waals surface area contributed by atoms with Crippen molar-refractivity contribution >= 4 is 5.91 Å². The molecule has 0 aliphatic carbocycles. The maximum Gasteiger partial charge on any atom is 0.416 e. The molecule has 0 radical (unpaired) electrons. The molecule has 1 aliphatic heterocycles. The van der Waals surface area contributed by atoms with Gasteiger partial charge in [-0.2, -0.15) is 13.2 Å². The highest BCUT2D eigenvalue weighted by atomic mass is 19.4. The molecule has 1 heterocycles. The standard InChI is InChI=1S/C15H19F3N2O/c1-9(20-14(21)13-7-8-19-10(13)2)11-3-5-12(6-4-11)15(16,17)18/h3-6,9-10,13,19H,7-8H2,1-2H3,(H,20,21). The number of alkyl halides is 3. The van der Waals surface area contributed by atoms with Crippen molar-refractivity contribution < 1.29 is 18.0 Å². The summed E-state index contributed by atoms with van der Waals surface area (Å²) in [7, 11) is 0. The molecular formula is C15H19F3N2O. The van der Waals surface area contributed by atoms with Gasteiger partial charge < -0.3 is 10.6 Å². The van der Waals surface area contributed by atoms with E-state index in [-0.39, 0.29) is 23.9 Å². The van der Waals surface area contributed by atoms with Gasteiger partial charge in [0.1, 0.15) is 0 Å². The van der Waals surface area contributed by atoms with E-state index in [4.69, 9.17) is 0 Å². The van der Waals surface area contributed by atoms with Crippen LogP contribution in [0.1, 0.15) is 37.4 Å². The first kappa shape index (κ1) is 15.8. The zero-order valence-corrected chi connectivity index (χ0v) is 12.0. The molecule has 1 aromatic carbocycles. The minimum atomic E-state index is -4.34. The summed E-state index contributed by atoms with van der Waals surface area (Å²) in [5.41, 5.74) is -0.0200. The SMILES string of the molecule is CC(NC(=O)C1CCNC1C)c1ccc(C(F)(F)F)cc1. The van der Waals surface area contributed by atoms with Crippen LogP contribution in [0.4, 0.5) is 13.2 Å². The van der Waals surface area contributed by atoms with Gasteiger partial charge in [-0.3, -0.25) is 4.79 Å². The van der Waals surface area contributed by atoms with Gasteiger partial charge in [0, 0.05) is 6.04 Å². The zero-order valence-electron chi connectivity index (χ0n) is 12.0. The molecule has 0 aromatic heterocycles. The van der Waals surface area contributed by atoms with Gasteiger partial charge in [0.25, 0.3) is 0 Å². The minimum absolute atomic E-state index is 0.0557. The molecule has 1 saturated heterocycles. The quantitative estimate of drug-likeness (QED) is 0.901. The summed E-state index contributed by atoms with van der Waals surface area (Å²) in [5, 5.41) is 6.07. The summed E-state index contributed by atoms with van der Waals surface area (Å²) in [6, 6.07) is 4.71. The van der Waals surface area contributed by atoms with Gasteiger partial charge >= 0.3 is 6.18 Å². The fourth-order valence-corrected chi connectivity index (χ4v) is 2.58. The molecule has 6 heteroatoms. The molecule has 0 spiro atoms. The predicted octanol–water partition coefficient (Wildman–Crippen LogP) is 2.88. The zero-order chi connectivity index (χ0) is 15.6. The van der Waals surface area contributed by atoms with E-state index < -0.39 is 11.7 Å². The van der Waals surface area contributed by atoms with E-state index in [1.54, 1.807) is 6.92 Å². The van der Waals surface area contributed by atoms with Crippen LogP contribution in [0.3, 0.4) is 0 Å². The van der Waals surface area contributed by atoms with Crippen molar-refractivity contribution in [1.29, 1.82) is 0 Å². The first-order valence-electron chi connectivity index (χ1n) is 7.00. The Morgan fingerprint density at radius 2 is 1.95 bits per heavy atom. The van der Waals surface area contributed by atoms with Crippen molar-refractivity contribution in [2.24, 2.45) is 5.92 Å². The number of halogens is 3. The van der Waals surface area contributed by atoms with Crippen LogP contribution in [0.2, 0.25) is 0 Å². The van der Waals surface area contributed by atoms with E-state index in [1.165, 1.54) is 12.1 Å². The number of hydrogen-bond acceptors (Lipinski definition) is 2. The maximum absolute atomic E-state index is 12.5.